The minimum atomic E-state index is -0.198. The third kappa shape index (κ3) is 4.77. The Morgan fingerprint density at radius 2 is 2.08 bits per heavy atom. The molecule has 1 heterocycles. The number of hydrogen-bond donors (Lipinski definition) is 2. The lowest BCUT2D eigenvalue weighted by Gasteiger charge is -2.18. The molecule has 2 aliphatic rings. The Hall–Kier alpha value is -2.50. The van der Waals surface area contributed by atoms with Crippen LogP contribution in [0.1, 0.15) is 38.5 Å². The fourth-order valence-corrected chi connectivity index (χ4v) is 3.52. The van der Waals surface area contributed by atoms with E-state index in [4.69, 9.17) is 4.74 Å². The standard InChI is InChI=1S/C20H27N3O3/c1-26-18-9-7-17(8-10-18)23-14-16(13-19(23)24)22-20(25)21-12-11-15-5-3-2-4-6-15/h5,7-10,16H,2-4,6,11-14H2,1H3,(H2,21,22,25). The van der Waals surface area contributed by atoms with Gasteiger partial charge in [-0.05, 0) is 56.4 Å². The maximum Gasteiger partial charge on any atom is 0.315 e. The molecule has 1 aliphatic carbocycles. The Morgan fingerprint density at radius 3 is 2.77 bits per heavy atom. The second-order valence-corrected chi connectivity index (χ2v) is 6.86. The average Bonchev–Trinajstić information content (AvgIpc) is 3.02. The summed E-state index contributed by atoms with van der Waals surface area (Å²) in [5, 5.41) is 5.82. The van der Waals surface area contributed by atoms with Gasteiger partial charge in [0.25, 0.3) is 0 Å². The van der Waals surface area contributed by atoms with E-state index in [1.807, 2.05) is 24.3 Å². The second-order valence-electron chi connectivity index (χ2n) is 6.86. The predicted molar refractivity (Wildman–Crippen MR) is 101 cm³/mol. The Morgan fingerprint density at radius 1 is 1.27 bits per heavy atom. The number of urea groups is 1. The van der Waals surface area contributed by atoms with Crippen molar-refractivity contribution in [1.29, 1.82) is 0 Å². The van der Waals surface area contributed by atoms with Crippen molar-refractivity contribution in [2.24, 2.45) is 0 Å². The first-order valence-corrected chi connectivity index (χ1v) is 9.32. The van der Waals surface area contributed by atoms with E-state index in [1.54, 1.807) is 12.0 Å². The number of rotatable bonds is 6. The first-order chi connectivity index (χ1) is 12.7. The smallest absolute Gasteiger partial charge is 0.315 e. The highest BCUT2D eigenvalue weighted by Crippen LogP contribution is 2.24. The van der Waals surface area contributed by atoms with Crippen LogP contribution in [0.2, 0.25) is 0 Å². The van der Waals surface area contributed by atoms with E-state index in [9.17, 15) is 9.59 Å². The molecule has 6 nitrogen and oxygen atoms in total. The molecule has 1 aromatic rings. The molecular formula is C20H27N3O3. The molecule has 1 aliphatic heterocycles. The van der Waals surface area contributed by atoms with Gasteiger partial charge in [0.15, 0.2) is 0 Å². The van der Waals surface area contributed by atoms with Crippen molar-refractivity contribution < 1.29 is 14.3 Å². The Balaban J connectivity index is 1.44. The number of benzene rings is 1. The largest absolute Gasteiger partial charge is 0.497 e. The third-order valence-corrected chi connectivity index (χ3v) is 4.96. The molecule has 26 heavy (non-hydrogen) atoms. The average molecular weight is 357 g/mol. The summed E-state index contributed by atoms with van der Waals surface area (Å²) in [7, 11) is 1.61. The first kappa shape index (κ1) is 18.3. The SMILES string of the molecule is COc1ccc(N2CC(NC(=O)NCCC3=CCCCC3)CC2=O)cc1. The summed E-state index contributed by atoms with van der Waals surface area (Å²) in [5.41, 5.74) is 2.27. The van der Waals surface area contributed by atoms with E-state index in [-0.39, 0.29) is 18.0 Å². The lowest BCUT2D eigenvalue weighted by Crippen LogP contribution is -2.43. The molecule has 1 atom stereocenters. The third-order valence-electron chi connectivity index (χ3n) is 4.96. The summed E-state index contributed by atoms with van der Waals surface area (Å²) in [6.07, 6.45) is 8.37. The van der Waals surface area contributed by atoms with E-state index < -0.39 is 0 Å². The number of ether oxygens (including phenoxy) is 1. The summed E-state index contributed by atoms with van der Waals surface area (Å²) >= 11 is 0. The van der Waals surface area contributed by atoms with Crippen LogP contribution < -0.4 is 20.3 Å². The zero-order valence-corrected chi connectivity index (χ0v) is 15.3. The molecule has 1 unspecified atom stereocenters. The number of amides is 3. The summed E-state index contributed by atoms with van der Waals surface area (Å²) in [6, 6.07) is 7.01. The van der Waals surface area contributed by atoms with Crippen molar-refractivity contribution in [2.45, 2.75) is 44.6 Å². The number of anilines is 1. The van der Waals surface area contributed by atoms with Crippen LogP contribution in [-0.4, -0.2) is 38.2 Å². The Kier molecular flexibility index (Phi) is 6.15. The molecule has 3 rings (SSSR count). The molecule has 3 amide bonds. The molecular weight excluding hydrogens is 330 g/mol. The number of nitrogens with zero attached hydrogens (tertiary/aromatic N) is 1. The molecule has 0 radical (unpaired) electrons. The van der Waals surface area contributed by atoms with Gasteiger partial charge in [-0.3, -0.25) is 4.79 Å². The van der Waals surface area contributed by atoms with E-state index in [2.05, 4.69) is 16.7 Å². The van der Waals surface area contributed by atoms with Crippen LogP contribution in [0.15, 0.2) is 35.9 Å². The van der Waals surface area contributed by atoms with Gasteiger partial charge in [0, 0.05) is 25.2 Å². The number of allylic oxidation sites excluding steroid dienone is 1. The number of carbonyl (C=O) groups excluding carboxylic acids is 2. The molecule has 0 spiro atoms. The molecule has 6 heteroatoms. The monoisotopic (exact) mass is 357 g/mol. The van der Waals surface area contributed by atoms with Crippen molar-refractivity contribution in [1.82, 2.24) is 10.6 Å². The van der Waals surface area contributed by atoms with Crippen molar-refractivity contribution in [3.8, 4) is 5.75 Å². The van der Waals surface area contributed by atoms with Gasteiger partial charge in [0.2, 0.25) is 5.91 Å². The summed E-state index contributed by atoms with van der Waals surface area (Å²) in [6.45, 7) is 1.13. The van der Waals surface area contributed by atoms with Crippen LogP contribution in [0.3, 0.4) is 0 Å². The van der Waals surface area contributed by atoms with Gasteiger partial charge >= 0.3 is 6.03 Å². The molecule has 140 valence electrons. The minimum absolute atomic E-state index is 0.0211. The van der Waals surface area contributed by atoms with E-state index in [0.717, 1.165) is 30.7 Å². The molecule has 1 fully saturated rings. The van der Waals surface area contributed by atoms with E-state index in [1.165, 1.54) is 18.4 Å². The van der Waals surface area contributed by atoms with E-state index >= 15 is 0 Å². The van der Waals surface area contributed by atoms with Crippen LogP contribution in [0.25, 0.3) is 0 Å². The lowest BCUT2D eigenvalue weighted by molar-refractivity contribution is -0.117. The molecule has 2 N–H and O–H groups in total. The van der Waals surface area contributed by atoms with Crippen LogP contribution in [0.4, 0.5) is 10.5 Å². The van der Waals surface area contributed by atoms with Crippen molar-refractivity contribution in [3.05, 3.63) is 35.9 Å². The lowest BCUT2D eigenvalue weighted by atomic mass is 9.97. The minimum Gasteiger partial charge on any atom is -0.497 e. The van der Waals surface area contributed by atoms with Gasteiger partial charge in [0.05, 0.1) is 13.2 Å². The predicted octanol–water partition coefficient (Wildman–Crippen LogP) is 2.99. The zero-order chi connectivity index (χ0) is 18.4. The van der Waals surface area contributed by atoms with Gasteiger partial charge in [-0.15, -0.1) is 0 Å². The number of carbonyl (C=O) groups is 2. The molecule has 0 aromatic heterocycles. The molecule has 0 bridgehead atoms. The molecule has 1 saturated heterocycles. The molecule has 0 saturated carbocycles. The first-order valence-electron chi connectivity index (χ1n) is 9.32. The van der Waals surface area contributed by atoms with Crippen molar-refractivity contribution in [2.75, 3.05) is 25.1 Å². The fraction of sp³-hybridized carbons (Fsp3) is 0.500. The van der Waals surface area contributed by atoms with E-state index in [0.29, 0.717) is 19.5 Å². The van der Waals surface area contributed by atoms with Crippen LogP contribution in [0.5, 0.6) is 5.75 Å². The summed E-state index contributed by atoms with van der Waals surface area (Å²) < 4.78 is 5.14. The maximum atomic E-state index is 12.3. The van der Waals surface area contributed by atoms with Gasteiger partial charge in [-0.1, -0.05) is 11.6 Å². The van der Waals surface area contributed by atoms with Crippen LogP contribution in [0, 0.1) is 0 Å². The highest BCUT2D eigenvalue weighted by atomic mass is 16.5. The topological polar surface area (TPSA) is 70.7 Å². The van der Waals surface area contributed by atoms with Crippen molar-refractivity contribution in [3.63, 3.8) is 0 Å². The number of methoxy groups -OCH3 is 1. The van der Waals surface area contributed by atoms with Gasteiger partial charge in [-0.25, -0.2) is 4.79 Å². The number of nitrogens with one attached hydrogen (secondary N) is 2. The van der Waals surface area contributed by atoms with Gasteiger partial charge < -0.3 is 20.3 Å². The normalized spacial score (nSPS) is 19.9. The van der Waals surface area contributed by atoms with Gasteiger partial charge in [-0.2, -0.15) is 0 Å². The summed E-state index contributed by atoms with van der Waals surface area (Å²) in [4.78, 5) is 26.0. The highest BCUT2D eigenvalue weighted by Gasteiger charge is 2.31. The quantitative estimate of drug-likeness (QED) is 0.769. The number of hydrogen-bond acceptors (Lipinski definition) is 3. The highest BCUT2D eigenvalue weighted by molar-refractivity contribution is 5.96. The zero-order valence-electron chi connectivity index (χ0n) is 15.3. The summed E-state index contributed by atoms with van der Waals surface area (Å²) in [5.74, 6) is 0.773. The molecule has 1 aromatic carbocycles. The van der Waals surface area contributed by atoms with Crippen molar-refractivity contribution >= 4 is 17.6 Å². The van der Waals surface area contributed by atoms with Gasteiger partial charge in [0.1, 0.15) is 5.75 Å². The van der Waals surface area contributed by atoms with Crippen LogP contribution in [-0.2, 0) is 4.79 Å². The van der Waals surface area contributed by atoms with Crippen LogP contribution >= 0.6 is 0 Å². The maximum absolute atomic E-state index is 12.3. The fourth-order valence-electron chi connectivity index (χ4n) is 3.52. The Labute approximate surface area is 154 Å². The Bertz CT molecular complexity index is 669. The second kappa shape index (κ2) is 8.74.